The highest BCUT2D eigenvalue weighted by Gasteiger charge is 2.21. The number of carbonyl (C=O) groups excluding carboxylic acids is 1. The van der Waals surface area contributed by atoms with E-state index in [0.29, 0.717) is 5.56 Å². The number of carbonyl (C=O) groups is 1. The van der Waals surface area contributed by atoms with Gasteiger partial charge in [0, 0.05) is 13.5 Å². The average molecular weight is 265 g/mol. The highest BCUT2D eigenvalue weighted by molar-refractivity contribution is 5.72. The van der Waals surface area contributed by atoms with Gasteiger partial charge in [-0.05, 0) is 16.5 Å². The zero-order chi connectivity index (χ0) is 14.6. The lowest BCUT2D eigenvalue weighted by Gasteiger charge is -2.23. The molecule has 0 aromatic heterocycles. The molecular formula is C15H23NO3. The van der Waals surface area contributed by atoms with Gasteiger partial charge in [0.05, 0.1) is 0 Å². The van der Waals surface area contributed by atoms with Gasteiger partial charge in [-0.3, -0.25) is 4.79 Å². The molecule has 1 aromatic rings. The third-order valence-electron chi connectivity index (χ3n) is 3.02. The lowest BCUT2D eigenvalue weighted by molar-refractivity contribution is -0.119. The Kier molecular flexibility index (Phi) is 5.09. The third-order valence-corrected chi connectivity index (χ3v) is 3.02. The van der Waals surface area contributed by atoms with Crippen LogP contribution in [-0.2, 0) is 10.2 Å². The van der Waals surface area contributed by atoms with Crippen LogP contribution in [0.4, 0.5) is 0 Å². The summed E-state index contributed by atoms with van der Waals surface area (Å²) < 4.78 is 0. The van der Waals surface area contributed by atoms with Gasteiger partial charge in [0.2, 0.25) is 5.91 Å². The van der Waals surface area contributed by atoms with Gasteiger partial charge < -0.3 is 15.5 Å². The maximum atomic E-state index is 10.8. The first-order valence-electron chi connectivity index (χ1n) is 6.43. The van der Waals surface area contributed by atoms with Crippen LogP contribution in [0.3, 0.4) is 0 Å². The van der Waals surface area contributed by atoms with Gasteiger partial charge >= 0.3 is 0 Å². The van der Waals surface area contributed by atoms with Crippen molar-refractivity contribution < 1.29 is 15.0 Å². The Hall–Kier alpha value is -1.39. The fraction of sp³-hybridized carbons (Fsp3) is 0.533. The van der Waals surface area contributed by atoms with Crippen molar-refractivity contribution in [3.63, 3.8) is 0 Å². The maximum absolute atomic E-state index is 10.8. The molecule has 0 saturated heterocycles. The van der Waals surface area contributed by atoms with Crippen molar-refractivity contribution in [2.24, 2.45) is 0 Å². The van der Waals surface area contributed by atoms with Gasteiger partial charge in [-0.15, -0.1) is 0 Å². The Balaban J connectivity index is 2.82. The number of rotatable bonds is 4. The molecule has 0 aliphatic rings. The first-order chi connectivity index (χ1) is 8.71. The lowest BCUT2D eigenvalue weighted by Crippen LogP contribution is -2.34. The van der Waals surface area contributed by atoms with Crippen LogP contribution in [-0.4, -0.2) is 28.8 Å². The van der Waals surface area contributed by atoms with Gasteiger partial charge in [0.25, 0.3) is 0 Å². The summed E-state index contributed by atoms with van der Waals surface area (Å²) in [6.45, 7) is 7.68. The fourth-order valence-corrected chi connectivity index (χ4v) is 1.77. The van der Waals surface area contributed by atoms with Crippen LogP contribution in [0.2, 0.25) is 0 Å². The Morgan fingerprint density at radius 3 is 2.47 bits per heavy atom. The van der Waals surface area contributed by atoms with Crippen molar-refractivity contribution in [1.29, 1.82) is 0 Å². The monoisotopic (exact) mass is 265 g/mol. The van der Waals surface area contributed by atoms with Crippen LogP contribution in [0.25, 0.3) is 0 Å². The van der Waals surface area contributed by atoms with Crippen LogP contribution in [0.5, 0.6) is 0 Å². The van der Waals surface area contributed by atoms with E-state index in [1.54, 1.807) is 6.07 Å². The molecule has 1 rings (SSSR count). The van der Waals surface area contributed by atoms with E-state index in [0.717, 1.165) is 5.56 Å². The molecular weight excluding hydrogens is 242 g/mol. The molecule has 4 nitrogen and oxygen atoms in total. The van der Waals surface area contributed by atoms with E-state index in [1.807, 2.05) is 18.2 Å². The molecule has 4 heteroatoms. The van der Waals surface area contributed by atoms with Crippen LogP contribution in [0.15, 0.2) is 24.3 Å². The second kappa shape index (κ2) is 6.17. The Bertz CT molecular complexity index is 437. The van der Waals surface area contributed by atoms with Crippen LogP contribution >= 0.6 is 0 Å². The molecule has 0 fully saturated rings. The molecule has 106 valence electrons. The molecule has 0 aliphatic carbocycles. The van der Waals surface area contributed by atoms with Gasteiger partial charge in [0.15, 0.2) is 0 Å². The summed E-state index contributed by atoms with van der Waals surface area (Å²) in [4.78, 5) is 10.8. The summed E-state index contributed by atoms with van der Waals surface area (Å²) in [6, 6.07) is 7.53. The Morgan fingerprint density at radius 1 is 1.32 bits per heavy atom. The fourth-order valence-electron chi connectivity index (χ4n) is 1.77. The van der Waals surface area contributed by atoms with E-state index in [2.05, 4.69) is 26.1 Å². The molecule has 19 heavy (non-hydrogen) atoms. The van der Waals surface area contributed by atoms with E-state index < -0.39 is 12.2 Å². The first kappa shape index (κ1) is 15.7. The minimum absolute atomic E-state index is 0.0156. The second-order valence-corrected chi connectivity index (χ2v) is 5.82. The summed E-state index contributed by atoms with van der Waals surface area (Å²) in [5, 5.41) is 22.4. The molecule has 0 heterocycles. The number of amides is 1. The summed E-state index contributed by atoms with van der Waals surface area (Å²) >= 11 is 0. The van der Waals surface area contributed by atoms with Crippen molar-refractivity contribution in [3.8, 4) is 0 Å². The molecule has 0 saturated carbocycles. The quantitative estimate of drug-likeness (QED) is 0.773. The first-order valence-corrected chi connectivity index (χ1v) is 6.43. The van der Waals surface area contributed by atoms with E-state index in [9.17, 15) is 15.0 Å². The van der Waals surface area contributed by atoms with E-state index >= 15 is 0 Å². The average Bonchev–Trinajstić information content (AvgIpc) is 2.34. The number of nitrogens with one attached hydrogen (secondary N) is 1. The number of benzene rings is 1. The number of aliphatic hydroxyl groups excluding tert-OH is 2. The van der Waals surface area contributed by atoms with Crippen molar-refractivity contribution in [2.75, 3.05) is 6.54 Å². The van der Waals surface area contributed by atoms with Crippen LogP contribution in [0, 0.1) is 0 Å². The maximum Gasteiger partial charge on any atom is 0.216 e. The largest absolute Gasteiger partial charge is 0.388 e. The van der Waals surface area contributed by atoms with Gasteiger partial charge in [-0.1, -0.05) is 45.0 Å². The summed E-state index contributed by atoms with van der Waals surface area (Å²) in [7, 11) is 0. The molecule has 2 atom stereocenters. The SMILES string of the molecule is CC(=O)NCC(O)C(O)c1cccc(C(C)(C)C)c1. The number of aliphatic hydroxyl groups is 2. The molecule has 2 unspecified atom stereocenters. The van der Waals surface area contributed by atoms with Gasteiger partial charge in [-0.2, -0.15) is 0 Å². The van der Waals surface area contributed by atoms with Crippen molar-refractivity contribution in [3.05, 3.63) is 35.4 Å². The smallest absolute Gasteiger partial charge is 0.216 e. The zero-order valence-corrected chi connectivity index (χ0v) is 12.0. The zero-order valence-electron chi connectivity index (χ0n) is 12.0. The predicted molar refractivity (Wildman–Crippen MR) is 74.8 cm³/mol. The minimum atomic E-state index is -1.01. The third kappa shape index (κ3) is 4.65. The predicted octanol–water partition coefficient (Wildman–Crippen LogP) is 1.51. The number of hydrogen-bond donors (Lipinski definition) is 3. The van der Waals surface area contributed by atoms with E-state index in [4.69, 9.17) is 0 Å². The molecule has 0 spiro atoms. The molecule has 3 N–H and O–H groups in total. The van der Waals surface area contributed by atoms with Crippen molar-refractivity contribution in [1.82, 2.24) is 5.32 Å². The molecule has 0 aliphatic heterocycles. The normalized spacial score (nSPS) is 14.8. The van der Waals surface area contributed by atoms with Gasteiger partial charge in [-0.25, -0.2) is 0 Å². The number of hydrogen-bond acceptors (Lipinski definition) is 3. The van der Waals surface area contributed by atoms with E-state index in [1.165, 1.54) is 6.92 Å². The summed E-state index contributed by atoms with van der Waals surface area (Å²) in [6.07, 6.45) is -2.02. The van der Waals surface area contributed by atoms with Crippen LogP contribution < -0.4 is 5.32 Å². The topological polar surface area (TPSA) is 69.6 Å². The summed E-state index contributed by atoms with van der Waals surface area (Å²) in [5.74, 6) is -0.227. The molecule has 1 amide bonds. The van der Waals surface area contributed by atoms with Gasteiger partial charge in [0.1, 0.15) is 12.2 Å². The minimum Gasteiger partial charge on any atom is -0.388 e. The highest BCUT2D eigenvalue weighted by Crippen LogP contribution is 2.26. The lowest BCUT2D eigenvalue weighted by atomic mass is 9.85. The van der Waals surface area contributed by atoms with Crippen LogP contribution in [0.1, 0.15) is 44.9 Å². The van der Waals surface area contributed by atoms with E-state index in [-0.39, 0.29) is 17.9 Å². The second-order valence-electron chi connectivity index (χ2n) is 5.82. The molecule has 1 aromatic carbocycles. The van der Waals surface area contributed by atoms with Crippen molar-refractivity contribution >= 4 is 5.91 Å². The Morgan fingerprint density at radius 2 is 1.95 bits per heavy atom. The molecule has 0 radical (unpaired) electrons. The van der Waals surface area contributed by atoms with Crippen molar-refractivity contribution in [2.45, 2.75) is 45.3 Å². The molecule has 0 bridgehead atoms. The Labute approximate surface area is 114 Å². The summed E-state index contributed by atoms with van der Waals surface area (Å²) in [5.41, 5.74) is 1.74. The standard InChI is InChI=1S/C15H23NO3/c1-10(17)16-9-13(18)14(19)11-6-5-7-12(8-11)15(2,3)4/h5-8,13-14,18-19H,9H2,1-4H3,(H,16,17). The highest BCUT2D eigenvalue weighted by atomic mass is 16.3.